The van der Waals surface area contributed by atoms with Gasteiger partial charge in [-0.2, -0.15) is 0 Å². The summed E-state index contributed by atoms with van der Waals surface area (Å²) in [5.74, 6) is 0.709. The number of nitrogens with one attached hydrogen (secondary N) is 2. The minimum Gasteiger partial charge on any atom is -0.370 e. The van der Waals surface area contributed by atoms with Crippen molar-refractivity contribution in [1.82, 2.24) is 10.3 Å². The number of benzene rings is 1. The first-order valence-corrected chi connectivity index (χ1v) is 6.70. The average molecular weight is 272 g/mol. The number of nitrogens with zero attached hydrogens (tertiary/aromatic N) is 1. The molecule has 0 saturated heterocycles. The fourth-order valence-corrected chi connectivity index (χ4v) is 2.17. The minimum atomic E-state index is -0.435. The number of para-hydroxylation sites is 1. The molecule has 0 aliphatic carbocycles. The van der Waals surface area contributed by atoms with Gasteiger partial charge in [0.2, 0.25) is 5.91 Å². The van der Waals surface area contributed by atoms with E-state index in [4.69, 9.17) is 5.73 Å². The summed E-state index contributed by atoms with van der Waals surface area (Å²) in [6, 6.07) is 9.22. The van der Waals surface area contributed by atoms with E-state index in [1.54, 1.807) is 6.07 Å². The molecule has 1 aromatic heterocycles. The Bertz CT molecular complexity index is 612. The Morgan fingerprint density at radius 1 is 1.35 bits per heavy atom. The van der Waals surface area contributed by atoms with Crippen molar-refractivity contribution in [2.75, 3.05) is 25.5 Å². The molecule has 2 aromatic rings. The molecule has 0 bridgehead atoms. The molecule has 5 heteroatoms. The highest BCUT2D eigenvalue weighted by Crippen LogP contribution is 2.20. The summed E-state index contributed by atoms with van der Waals surface area (Å²) < 4.78 is 0. The second kappa shape index (κ2) is 6.34. The monoisotopic (exact) mass is 272 g/mol. The third-order valence-electron chi connectivity index (χ3n) is 3.17. The van der Waals surface area contributed by atoms with Crippen molar-refractivity contribution in [3.05, 3.63) is 35.9 Å². The summed E-state index contributed by atoms with van der Waals surface area (Å²) in [6.07, 6.45) is 0. The van der Waals surface area contributed by atoms with Crippen LogP contribution in [0.4, 0.5) is 5.82 Å². The maximum Gasteiger partial charge on any atom is 0.249 e. The molecule has 0 spiro atoms. The molecular weight excluding hydrogens is 252 g/mol. The lowest BCUT2D eigenvalue weighted by Crippen LogP contribution is -2.23. The van der Waals surface area contributed by atoms with Gasteiger partial charge in [0.1, 0.15) is 5.82 Å². The van der Waals surface area contributed by atoms with E-state index < -0.39 is 5.91 Å². The van der Waals surface area contributed by atoms with Gasteiger partial charge in [0.25, 0.3) is 0 Å². The number of amides is 1. The van der Waals surface area contributed by atoms with Gasteiger partial charge < -0.3 is 16.4 Å². The maximum atomic E-state index is 11.6. The number of aromatic nitrogens is 1. The highest BCUT2D eigenvalue weighted by atomic mass is 16.1. The Morgan fingerprint density at radius 2 is 2.10 bits per heavy atom. The van der Waals surface area contributed by atoms with E-state index in [1.165, 1.54) is 0 Å². The van der Waals surface area contributed by atoms with Crippen molar-refractivity contribution in [1.29, 1.82) is 0 Å². The van der Waals surface area contributed by atoms with E-state index in [9.17, 15) is 4.79 Å². The number of fused-ring (bicyclic) bond motifs is 1. The van der Waals surface area contributed by atoms with E-state index in [0.29, 0.717) is 17.3 Å². The van der Waals surface area contributed by atoms with Gasteiger partial charge in [-0.1, -0.05) is 25.1 Å². The Morgan fingerprint density at radius 3 is 2.80 bits per heavy atom. The second-order valence-electron chi connectivity index (χ2n) is 4.98. The van der Waals surface area contributed by atoms with E-state index >= 15 is 0 Å². The lowest BCUT2D eigenvalue weighted by molar-refractivity contribution is 0.100. The van der Waals surface area contributed by atoms with Crippen LogP contribution < -0.4 is 16.4 Å². The van der Waals surface area contributed by atoms with Crippen LogP contribution in [0.5, 0.6) is 0 Å². The molecule has 0 saturated carbocycles. The highest BCUT2D eigenvalue weighted by molar-refractivity contribution is 6.06. The van der Waals surface area contributed by atoms with Gasteiger partial charge in [-0.15, -0.1) is 0 Å². The molecule has 106 valence electrons. The van der Waals surface area contributed by atoms with Crippen molar-refractivity contribution < 1.29 is 4.79 Å². The summed E-state index contributed by atoms with van der Waals surface area (Å²) >= 11 is 0. The summed E-state index contributed by atoms with van der Waals surface area (Å²) in [5.41, 5.74) is 6.72. The molecule has 2 rings (SSSR count). The zero-order chi connectivity index (χ0) is 14.5. The van der Waals surface area contributed by atoms with Gasteiger partial charge >= 0.3 is 0 Å². The number of pyridine rings is 1. The largest absolute Gasteiger partial charge is 0.370 e. The fraction of sp³-hybridized carbons (Fsp3) is 0.333. The molecule has 0 radical (unpaired) electrons. The van der Waals surface area contributed by atoms with E-state index in [-0.39, 0.29) is 0 Å². The van der Waals surface area contributed by atoms with Crippen LogP contribution in [0.25, 0.3) is 10.9 Å². The zero-order valence-electron chi connectivity index (χ0n) is 11.8. The molecule has 20 heavy (non-hydrogen) atoms. The predicted octanol–water partition coefficient (Wildman–Crippen LogP) is 1.60. The summed E-state index contributed by atoms with van der Waals surface area (Å²) in [5, 5.41) is 7.17. The van der Waals surface area contributed by atoms with Crippen LogP contribution in [-0.4, -0.2) is 31.0 Å². The fourth-order valence-electron chi connectivity index (χ4n) is 2.17. The molecule has 1 heterocycles. The summed E-state index contributed by atoms with van der Waals surface area (Å²) in [7, 11) is 1.93. The van der Waals surface area contributed by atoms with Crippen LogP contribution in [0.2, 0.25) is 0 Å². The third-order valence-corrected chi connectivity index (χ3v) is 3.17. The highest BCUT2D eigenvalue weighted by Gasteiger charge is 2.10. The van der Waals surface area contributed by atoms with E-state index in [2.05, 4.69) is 22.5 Å². The maximum absolute atomic E-state index is 11.6. The second-order valence-corrected chi connectivity index (χ2v) is 4.98. The first-order chi connectivity index (χ1) is 9.61. The van der Waals surface area contributed by atoms with Gasteiger partial charge in [-0.25, -0.2) is 4.98 Å². The van der Waals surface area contributed by atoms with E-state index in [0.717, 1.165) is 24.0 Å². The number of hydrogen-bond donors (Lipinski definition) is 3. The quantitative estimate of drug-likeness (QED) is 0.746. The first kappa shape index (κ1) is 14.3. The van der Waals surface area contributed by atoms with Crippen molar-refractivity contribution in [3.8, 4) is 0 Å². The number of carbonyl (C=O) groups excluding carboxylic acids is 1. The van der Waals surface area contributed by atoms with Crippen molar-refractivity contribution >= 4 is 22.6 Å². The average Bonchev–Trinajstić information content (AvgIpc) is 2.44. The number of primary amides is 1. The normalized spacial score (nSPS) is 12.3. The molecule has 1 aromatic carbocycles. The van der Waals surface area contributed by atoms with Crippen LogP contribution >= 0.6 is 0 Å². The number of nitrogens with two attached hydrogens (primary N) is 1. The van der Waals surface area contributed by atoms with Gasteiger partial charge in [0, 0.05) is 11.9 Å². The standard InChI is InChI=1S/C15H20N4O/c1-10(8-17-2)9-18-14-7-12(15(16)20)11-5-3-4-6-13(11)19-14/h3-7,10,17H,8-9H2,1-2H3,(H2,16,20)(H,18,19). The summed E-state index contributed by atoms with van der Waals surface area (Å²) in [6.45, 7) is 3.84. The number of rotatable bonds is 6. The third kappa shape index (κ3) is 3.24. The molecule has 1 unspecified atom stereocenters. The van der Waals surface area contributed by atoms with Crippen LogP contribution in [0.15, 0.2) is 30.3 Å². The Hall–Kier alpha value is -2.14. The Balaban J connectivity index is 2.28. The Labute approximate surface area is 118 Å². The van der Waals surface area contributed by atoms with Gasteiger partial charge in [-0.3, -0.25) is 4.79 Å². The molecule has 1 amide bonds. The molecule has 5 nitrogen and oxygen atoms in total. The minimum absolute atomic E-state index is 0.435. The van der Waals surface area contributed by atoms with Crippen LogP contribution in [0, 0.1) is 5.92 Å². The molecule has 0 fully saturated rings. The molecule has 1 atom stereocenters. The van der Waals surface area contributed by atoms with Crippen molar-refractivity contribution in [2.45, 2.75) is 6.92 Å². The summed E-state index contributed by atoms with van der Waals surface area (Å²) in [4.78, 5) is 16.1. The van der Waals surface area contributed by atoms with Crippen LogP contribution in [0.3, 0.4) is 0 Å². The zero-order valence-corrected chi connectivity index (χ0v) is 11.8. The van der Waals surface area contributed by atoms with Gasteiger partial charge in [0.05, 0.1) is 11.1 Å². The molecule has 4 N–H and O–H groups in total. The van der Waals surface area contributed by atoms with Crippen molar-refractivity contribution in [2.24, 2.45) is 11.7 Å². The number of anilines is 1. The predicted molar refractivity (Wildman–Crippen MR) is 81.8 cm³/mol. The molecule has 0 aliphatic rings. The number of carbonyl (C=O) groups is 1. The smallest absolute Gasteiger partial charge is 0.249 e. The SMILES string of the molecule is CNCC(C)CNc1cc(C(N)=O)c2ccccc2n1. The Kier molecular flexibility index (Phi) is 4.53. The van der Waals surface area contributed by atoms with E-state index in [1.807, 2.05) is 31.3 Å². The molecule has 0 aliphatic heterocycles. The van der Waals surface area contributed by atoms with Gasteiger partial charge in [-0.05, 0) is 31.6 Å². The molecular formula is C15H20N4O. The van der Waals surface area contributed by atoms with Gasteiger partial charge in [0.15, 0.2) is 0 Å². The lowest BCUT2D eigenvalue weighted by Gasteiger charge is -2.13. The number of hydrogen-bond acceptors (Lipinski definition) is 4. The lowest BCUT2D eigenvalue weighted by atomic mass is 10.1. The van der Waals surface area contributed by atoms with Crippen molar-refractivity contribution in [3.63, 3.8) is 0 Å². The topological polar surface area (TPSA) is 80.0 Å². The first-order valence-electron chi connectivity index (χ1n) is 6.70. The van der Waals surface area contributed by atoms with Crippen LogP contribution in [-0.2, 0) is 0 Å². The van der Waals surface area contributed by atoms with Crippen LogP contribution in [0.1, 0.15) is 17.3 Å².